The van der Waals surface area contributed by atoms with Crippen molar-refractivity contribution < 1.29 is 9.84 Å². The SMILES string of the molecule is CCC(N[C@@H](C)CO)c1ccccc1OC. The molecule has 1 rings (SSSR count). The molecule has 0 aromatic heterocycles. The van der Waals surface area contributed by atoms with Crippen LogP contribution in [0.25, 0.3) is 0 Å². The molecule has 0 amide bonds. The zero-order valence-electron chi connectivity index (χ0n) is 10.2. The Labute approximate surface area is 97.4 Å². The van der Waals surface area contributed by atoms with Gasteiger partial charge in [0.15, 0.2) is 0 Å². The molecule has 3 nitrogen and oxygen atoms in total. The van der Waals surface area contributed by atoms with Crippen LogP contribution in [0.2, 0.25) is 0 Å². The summed E-state index contributed by atoms with van der Waals surface area (Å²) in [5, 5.41) is 12.4. The van der Waals surface area contributed by atoms with Crippen molar-refractivity contribution in [2.24, 2.45) is 0 Å². The Morgan fingerprint density at radius 2 is 2.06 bits per heavy atom. The van der Waals surface area contributed by atoms with Gasteiger partial charge in [-0.3, -0.25) is 0 Å². The van der Waals surface area contributed by atoms with E-state index in [1.165, 1.54) is 0 Å². The number of para-hydroxylation sites is 1. The minimum absolute atomic E-state index is 0.0925. The van der Waals surface area contributed by atoms with E-state index in [0.717, 1.165) is 17.7 Å². The average Bonchev–Trinajstić information content (AvgIpc) is 2.35. The predicted octanol–water partition coefficient (Wildman–Crippen LogP) is 2.12. The molecular weight excluding hydrogens is 202 g/mol. The van der Waals surface area contributed by atoms with Gasteiger partial charge in [-0.25, -0.2) is 0 Å². The van der Waals surface area contributed by atoms with E-state index in [-0.39, 0.29) is 18.7 Å². The van der Waals surface area contributed by atoms with Gasteiger partial charge in [0, 0.05) is 17.6 Å². The van der Waals surface area contributed by atoms with Gasteiger partial charge in [0.1, 0.15) is 5.75 Å². The molecule has 0 saturated carbocycles. The van der Waals surface area contributed by atoms with Gasteiger partial charge in [0.2, 0.25) is 0 Å². The van der Waals surface area contributed by atoms with Crippen LogP contribution >= 0.6 is 0 Å². The van der Waals surface area contributed by atoms with Gasteiger partial charge in [-0.2, -0.15) is 0 Å². The van der Waals surface area contributed by atoms with Gasteiger partial charge in [-0.05, 0) is 19.4 Å². The first kappa shape index (κ1) is 13.0. The summed E-state index contributed by atoms with van der Waals surface area (Å²) in [6, 6.07) is 8.30. The Kier molecular flexibility index (Phi) is 5.29. The number of aliphatic hydroxyl groups is 1. The summed E-state index contributed by atoms with van der Waals surface area (Å²) in [5.41, 5.74) is 1.15. The van der Waals surface area contributed by atoms with Crippen molar-refractivity contribution >= 4 is 0 Å². The smallest absolute Gasteiger partial charge is 0.123 e. The van der Waals surface area contributed by atoms with Crippen molar-refractivity contribution in [3.63, 3.8) is 0 Å². The van der Waals surface area contributed by atoms with Crippen molar-refractivity contribution in [1.82, 2.24) is 5.32 Å². The van der Waals surface area contributed by atoms with E-state index in [2.05, 4.69) is 18.3 Å². The van der Waals surface area contributed by atoms with Crippen LogP contribution in [0.5, 0.6) is 5.75 Å². The minimum Gasteiger partial charge on any atom is -0.496 e. The molecule has 16 heavy (non-hydrogen) atoms. The molecule has 0 radical (unpaired) electrons. The van der Waals surface area contributed by atoms with Gasteiger partial charge in [-0.1, -0.05) is 25.1 Å². The maximum Gasteiger partial charge on any atom is 0.123 e. The molecule has 1 aromatic carbocycles. The first-order chi connectivity index (χ1) is 7.72. The van der Waals surface area contributed by atoms with E-state index < -0.39 is 0 Å². The fourth-order valence-corrected chi connectivity index (χ4v) is 1.78. The van der Waals surface area contributed by atoms with Crippen molar-refractivity contribution in [2.45, 2.75) is 32.4 Å². The van der Waals surface area contributed by atoms with E-state index in [4.69, 9.17) is 9.84 Å². The van der Waals surface area contributed by atoms with E-state index in [1.807, 2.05) is 25.1 Å². The van der Waals surface area contributed by atoms with Crippen LogP contribution in [0.15, 0.2) is 24.3 Å². The second-order valence-electron chi connectivity index (χ2n) is 3.95. The standard InChI is InChI=1S/C13H21NO2/c1-4-12(14-10(2)9-15)11-7-5-6-8-13(11)16-3/h5-8,10,12,14-15H,4,9H2,1-3H3/t10-,12?/m0/s1. The third kappa shape index (κ3) is 3.22. The highest BCUT2D eigenvalue weighted by atomic mass is 16.5. The van der Waals surface area contributed by atoms with E-state index >= 15 is 0 Å². The number of hydrogen-bond donors (Lipinski definition) is 2. The van der Waals surface area contributed by atoms with Crippen molar-refractivity contribution in [1.29, 1.82) is 0 Å². The van der Waals surface area contributed by atoms with E-state index in [1.54, 1.807) is 7.11 Å². The molecule has 0 spiro atoms. The van der Waals surface area contributed by atoms with Crippen LogP contribution in [-0.2, 0) is 0 Å². The lowest BCUT2D eigenvalue weighted by Gasteiger charge is -2.23. The first-order valence-electron chi connectivity index (χ1n) is 5.72. The van der Waals surface area contributed by atoms with Gasteiger partial charge in [0.25, 0.3) is 0 Å². The highest BCUT2D eigenvalue weighted by Crippen LogP contribution is 2.26. The lowest BCUT2D eigenvalue weighted by Crippen LogP contribution is -2.33. The molecule has 2 atom stereocenters. The molecular formula is C13H21NO2. The monoisotopic (exact) mass is 223 g/mol. The molecule has 0 aliphatic carbocycles. The summed E-state index contributed by atoms with van der Waals surface area (Å²) >= 11 is 0. The van der Waals surface area contributed by atoms with Crippen LogP contribution in [0.4, 0.5) is 0 Å². The molecule has 0 saturated heterocycles. The van der Waals surface area contributed by atoms with Gasteiger partial charge in [0.05, 0.1) is 13.7 Å². The third-order valence-corrected chi connectivity index (χ3v) is 2.68. The quantitative estimate of drug-likeness (QED) is 0.776. The number of benzene rings is 1. The molecule has 3 heteroatoms. The molecule has 0 heterocycles. The number of rotatable bonds is 6. The fraction of sp³-hybridized carbons (Fsp3) is 0.538. The summed E-state index contributed by atoms with van der Waals surface area (Å²) < 4.78 is 5.34. The van der Waals surface area contributed by atoms with Crippen molar-refractivity contribution in [3.8, 4) is 5.75 Å². The summed E-state index contributed by atoms with van der Waals surface area (Å²) in [4.78, 5) is 0. The molecule has 0 aliphatic rings. The molecule has 2 N–H and O–H groups in total. The Bertz CT molecular complexity index is 315. The Balaban J connectivity index is 2.85. The summed E-state index contributed by atoms with van der Waals surface area (Å²) in [7, 11) is 1.68. The molecule has 1 unspecified atom stereocenters. The van der Waals surface area contributed by atoms with Crippen LogP contribution in [0, 0.1) is 0 Å². The molecule has 90 valence electrons. The Morgan fingerprint density at radius 1 is 1.38 bits per heavy atom. The highest BCUT2D eigenvalue weighted by Gasteiger charge is 2.15. The Morgan fingerprint density at radius 3 is 2.62 bits per heavy atom. The van der Waals surface area contributed by atoms with Crippen LogP contribution in [0.1, 0.15) is 31.9 Å². The summed E-state index contributed by atoms with van der Waals surface area (Å²) in [6.45, 7) is 4.23. The summed E-state index contributed by atoms with van der Waals surface area (Å²) in [6.07, 6.45) is 0.963. The maximum absolute atomic E-state index is 9.06. The fourth-order valence-electron chi connectivity index (χ4n) is 1.78. The average molecular weight is 223 g/mol. The van der Waals surface area contributed by atoms with Gasteiger partial charge < -0.3 is 15.2 Å². The van der Waals surface area contributed by atoms with Crippen LogP contribution in [0.3, 0.4) is 0 Å². The third-order valence-electron chi connectivity index (χ3n) is 2.68. The van der Waals surface area contributed by atoms with E-state index in [0.29, 0.717) is 0 Å². The van der Waals surface area contributed by atoms with Crippen LogP contribution in [-0.4, -0.2) is 24.9 Å². The predicted molar refractivity (Wildman–Crippen MR) is 65.7 cm³/mol. The number of ether oxygens (including phenoxy) is 1. The number of hydrogen-bond acceptors (Lipinski definition) is 3. The number of aliphatic hydroxyl groups excluding tert-OH is 1. The number of nitrogens with one attached hydrogen (secondary N) is 1. The Hall–Kier alpha value is -1.06. The number of methoxy groups -OCH3 is 1. The first-order valence-corrected chi connectivity index (χ1v) is 5.72. The second kappa shape index (κ2) is 6.51. The van der Waals surface area contributed by atoms with Crippen LogP contribution < -0.4 is 10.1 Å². The molecule has 0 aliphatic heterocycles. The highest BCUT2D eigenvalue weighted by molar-refractivity contribution is 5.35. The normalized spacial score (nSPS) is 14.5. The van der Waals surface area contributed by atoms with E-state index in [9.17, 15) is 0 Å². The minimum atomic E-state index is 0.0925. The molecule has 0 fully saturated rings. The zero-order valence-corrected chi connectivity index (χ0v) is 10.2. The van der Waals surface area contributed by atoms with Gasteiger partial charge >= 0.3 is 0 Å². The maximum atomic E-state index is 9.06. The van der Waals surface area contributed by atoms with Crippen molar-refractivity contribution in [3.05, 3.63) is 29.8 Å². The lowest BCUT2D eigenvalue weighted by atomic mass is 10.0. The molecule has 0 bridgehead atoms. The topological polar surface area (TPSA) is 41.5 Å². The van der Waals surface area contributed by atoms with Crippen molar-refractivity contribution in [2.75, 3.05) is 13.7 Å². The summed E-state index contributed by atoms with van der Waals surface area (Å²) in [5.74, 6) is 0.895. The zero-order chi connectivity index (χ0) is 12.0. The molecule has 1 aromatic rings. The van der Waals surface area contributed by atoms with Gasteiger partial charge in [-0.15, -0.1) is 0 Å². The second-order valence-corrected chi connectivity index (χ2v) is 3.95. The largest absolute Gasteiger partial charge is 0.496 e. The lowest BCUT2D eigenvalue weighted by molar-refractivity contribution is 0.238.